The Balaban J connectivity index is 1.84. The summed E-state index contributed by atoms with van der Waals surface area (Å²) in [5.41, 5.74) is 1.73. The summed E-state index contributed by atoms with van der Waals surface area (Å²) in [5, 5.41) is 11.2. The number of Topliss-reactive ketones (excluding diaryl/α,β-unsaturated/α-hetero) is 1. The first-order valence-electron chi connectivity index (χ1n) is 10.8. The molecule has 0 saturated carbocycles. The zero-order valence-corrected chi connectivity index (χ0v) is 18.5. The van der Waals surface area contributed by atoms with Gasteiger partial charge in [-0.2, -0.15) is 0 Å². The molecule has 0 aromatic heterocycles. The number of carbonyl (C=O) groups excluding carboxylic acids is 2. The Hall–Kier alpha value is -4.06. The van der Waals surface area contributed by atoms with E-state index in [4.69, 9.17) is 9.47 Å². The van der Waals surface area contributed by atoms with E-state index in [0.29, 0.717) is 34.9 Å². The first kappa shape index (κ1) is 22.1. The van der Waals surface area contributed by atoms with Crippen molar-refractivity contribution in [3.63, 3.8) is 0 Å². The van der Waals surface area contributed by atoms with E-state index in [2.05, 4.69) is 0 Å². The van der Waals surface area contributed by atoms with E-state index in [-0.39, 0.29) is 11.3 Å². The molecule has 1 saturated heterocycles. The molecule has 1 fully saturated rings. The summed E-state index contributed by atoms with van der Waals surface area (Å²) in [5.74, 6) is -0.329. The van der Waals surface area contributed by atoms with Crippen LogP contribution in [0, 0.1) is 0 Å². The summed E-state index contributed by atoms with van der Waals surface area (Å²) < 4.78 is 10.8. The molecule has 1 heterocycles. The van der Waals surface area contributed by atoms with E-state index >= 15 is 0 Å². The standard InChI is InChI=1S/C27H25NO5/c1-3-17-33-22-15-9-18(10-16-22)24-23(25(29)19-11-13-21(32-2)14-12-19)26(30)27(31)28(24)20-7-5-4-6-8-20/h4-16,24,29H,3,17H2,1-2H3/b25-23-. The maximum absolute atomic E-state index is 13.2. The summed E-state index contributed by atoms with van der Waals surface area (Å²) in [6, 6.07) is 22.1. The lowest BCUT2D eigenvalue weighted by atomic mass is 9.95. The molecule has 1 unspecified atom stereocenters. The second-order valence-electron chi connectivity index (χ2n) is 7.65. The number of ether oxygens (including phenoxy) is 2. The van der Waals surface area contributed by atoms with E-state index in [1.807, 2.05) is 37.3 Å². The number of hydrogen-bond acceptors (Lipinski definition) is 5. The lowest BCUT2D eigenvalue weighted by Gasteiger charge is -2.25. The van der Waals surface area contributed by atoms with Gasteiger partial charge in [-0.25, -0.2) is 0 Å². The number of para-hydroxylation sites is 1. The van der Waals surface area contributed by atoms with E-state index in [9.17, 15) is 14.7 Å². The van der Waals surface area contributed by atoms with Gasteiger partial charge >= 0.3 is 0 Å². The summed E-state index contributed by atoms with van der Waals surface area (Å²) in [6.45, 7) is 2.63. The lowest BCUT2D eigenvalue weighted by Crippen LogP contribution is -2.29. The molecule has 1 N–H and O–H groups in total. The van der Waals surface area contributed by atoms with E-state index < -0.39 is 17.7 Å². The molecular weight excluding hydrogens is 418 g/mol. The third-order valence-corrected chi connectivity index (χ3v) is 5.51. The normalized spacial score (nSPS) is 17.3. The topological polar surface area (TPSA) is 76.1 Å². The number of nitrogens with zero attached hydrogens (tertiary/aromatic N) is 1. The number of ketones is 1. The largest absolute Gasteiger partial charge is 0.507 e. The van der Waals surface area contributed by atoms with Gasteiger partial charge in [0.15, 0.2) is 0 Å². The minimum atomic E-state index is -0.783. The summed E-state index contributed by atoms with van der Waals surface area (Å²) in [4.78, 5) is 27.7. The third kappa shape index (κ3) is 4.32. The Labute approximate surface area is 192 Å². The highest BCUT2D eigenvalue weighted by atomic mass is 16.5. The van der Waals surface area contributed by atoms with Gasteiger partial charge in [0.25, 0.3) is 11.7 Å². The zero-order chi connectivity index (χ0) is 23.4. The van der Waals surface area contributed by atoms with Gasteiger partial charge in [-0.3, -0.25) is 14.5 Å². The highest BCUT2D eigenvalue weighted by Crippen LogP contribution is 2.42. The smallest absolute Gasteiger partial charge is 0.300 e. The van der Waals surface area contributed by atoms with Crippen LogP contribution in [0.3, 0.4) is 0 Å². The molecule has 4 rings (SSSR count). The maximum Gasteiger partial charge on any atom is 0.300 e. The Morgan fingerprint density at radius 1 is 0.909 bits per heavy atom. The summed E-state index contributed by atoms with van der Waals surface area (Å²) in [6.07, 6.45) is 0.887. The first-order chi connectivity index (χ1) is 16.0. The van der Waals surface area contributed by atoms with Gasteiger partial charge < -0.3 is 14.6 Å². The Kier molecular flexibility index (Phi) is 6.45. The van der Waals surface area contributed by atoms with Crippen LogP contribution >= 0.6 is 0 Å². The summed E-state index contributed by atoms with van der Waals surface area (Å²) >= 11 is 0. The highest BCUT2D eigenvalue weighted by Gasteiger charge is 2.46. The fourth-order valence-electron chi connectivity index (χ4n) is 3.87. The fourth-order valence-corrected chi connectivity index (χ4v) is 3.87. The van der Waals surface area contributed by atoms with Crippen LogP contribution in [0.4, 0.5) is 5.69 Å². The van der Waals surface area contributed by atoms with Crippen molar-refractivity contribution in [2.24, 2.45) is 0 Å². The van der Waals surface area contributed by atoms with Gasteiger partial charge in [-0.15, -0.1) is 0 Å². The summed E-state index contributed by atoms with van der Waals surface area (Å²) in [7, 11) is 1.55. The predicted octanol–water partition coefficient (Wildman–Crippen LogP) is 5.11. The number of benzene rings is 3. The van der Waals surface area contributed by atoms with Gasteiger partial charge in [-0.05, 0) is 60.5 Å². The number of carbonyl (C=O) groups is 2. The molecule has 1 amide bonds. The van der Waals surface area contributed by atoms with Crippen LogP contribution < -0.4 is 14.4 Å². The molecule has 0 bridgehead atoms. The van der Waals surface area contributed by atoms with Gasteiger partial charge in [0, 0.05) is 11.3 Å². The van der Waals surface area contributed by atoms with Crippen molar-refractivity contribution in [1.82, 2.24) is 0 Å². The van der Waals surface area contributed by atoms with E-state index in [0.717, 1.165) is 6.42 Å². The number of rotatable bonds is 7. The molecule has 6 heteroatoms. The number of hydrogen-bond donors (Lipinski definition) is 1. The molecule has 33 heavy (non-hydrogen) atoms. The number of anilines is 1. The van der Waals surface area contributed by atoms with Crippen molar-refractivity contribution in [3.8, 4) is 11.5 Å². The zero-order valence-electron chi connectivity index (χ0n) is 18.5. The van der Waals surface area contributed by atoms with Crippen LogP contribution in [0.15, 0.2) is 84.4 Å². The monoisotopic (exact) mass is 443 g/mol. The van der Waals surface area contributed by atoms with Crippen molar-refractivity contribution < 1.29 is 24.2 Å². The van der Waals surface area contributed by atoms with Crippen LogP contribution in [0.1, 0.15) is 30.5 Å². The number of aliphatic hydroxyl groups excluding tert-OH is 1. The van der Waals surface area contributed by atoms with Crippen LogP contribution in [0.2, 0.25) is 0 Å². The second-order valence-corrected chi connectivity index (χ2v) is 7.65. The van der Waals surface area contributed by atoms with Crippen molar-refractivity contribution in [1.29, 1.82) is 0 Å². The van der Waals surface area contributed by atoms with Gasteiger partial charge in [0.2, 0.25) is 0 Å². The number of aliphatic hydroxyl groups is 1. The van der Waals surface area contributed by atoms with Crippen LogP contribution in [-0.2, 0) is 9.59 Å². The average molecular weight is 443 g/mol. The maximum atomic E-state index is 13.2. The molecule has 1 aliphatic heterocycles. The lowest BCUT2D eigenvalue weighted by molar-refractivity contribution is -0.132. The van der Waals surface area contributed by atoms with Gasteiger partial charge in [0.05, 0.1) is 25.3 Å². The van der Waals surface area contributed by atoms with Crippen LogP contribution in [-0.4, -0.2) is 30.5 Å². The Morgan fingerprint density at radius 2 is 1.55 bits per heavy atom. The minimum Gasteiger partial charge on any atom is -0.507 e. The quantitative estimate of drug-likeness (QED) is 0.312. The third-order valence-electron chi connectivity index (χ3n) is 5.51. The Morgan fingerprint density at radius 3 is 2.15 bits per heavy atom. The predicted molar refractivity (Wildman–Crippen MR) is 126 cm³/mol. The molecule has 1 aliphatic rings. The Bertz CT molecular complexity index is 1170. The molecule has 0 spiro atoms. The molecule has 1 atom stereocenters. The molecule has 168 valence electrons. The SMILES string of the molecule is CCCOc1ccc(C2/C(=C(/O)c3ccc(OC)cc3)C(=O)C(=O)N2c2ccccc2)cc1. The molecular formula is C27H25NO5. The van der Waals surface area contributed by atoms with Crippen molar-refractivity contribution in [2.75, 3.05) is 18.6 Å². The molecule has 0 radical (unpaired) electrons. The second kappa shape index (κ2) is 9.61. The first-order valence-corrected chi connectivity index (χ1v) is 10.8. The molecule has 3 aromatic carbocycles. The number of methoxy groups -OCH3 is 1. The van der Waals surface area contributed by atoms with Crippen LogP contribution in [0.25, 0.3) is 5.76 Å². The van der Waals surface area contributed by atoms with Gasteiger partial charge in [0.1, 0.15) is 17.3 Å². The fraction of sp³-hybridized carbons (Fsp3) is 0.185. The van der Waals surface area contributed by atoms with E-state index in [1.54, 1.807) is 55.6 Å². The number of amides is 1. The minimum absolute atomic E-state index is 0.0382. The van der Waals surface area contributed by atoms with Crippen LogP contribution in [0.5, 0.6) is 11.5 Å². The van der Waals surface area contributed by atoms with Crippen molar-refractivity contribution >= 4 is 23.1 Å². The van der Waals surface area contributed by atoms with Gasteiger partial charge in [-0.1, -0.05) is 37.3 Å². The van der Waals surface area contributed by atoms with Crippen molar-refractivity contribution in [3.05, 3.63) is 95.6 Å². The highest BCUT2D eigenvalue weighted by molar-refractivity contribution is 6.51. The van der Waals surface area contributed by atoms with E-state index in [1.165, 1.54) is 4.90 Å². The molecule has 6 nitrogen and oxygen atoms in total. The molecule has 3 aromatic rings. The molecule has 0 aliphatic carbocycles. The average Bonchev–Trinajstić information content (AvgIpc) is 3.13. The van der Waals surface area contributed by atoms with Crippen molar-refractivity contribution in [2.45, 2.75) is 19.4 Å².